The maximum absolute atomic E-state index is 13.7. The maximum atomic E-state index is 13.7. The number of carboxylic acids is 2. The lowest BCUT2D eigenvalue weighted by molar-refractivity contribution is -0.146. The van der Waals surface area contributed by atoms with Crippen LogP contribution in [0.25, 0.3) is 0 Å². The molecule has 2 rings (SSSR count). The van der Waals surface area contributed by atoms with Crippen molar-refractivity contribution < 1.29 is 58.1 Å². The molecule has 0 spiro atoms. The SMILES string of the molecule is C=C1C(=O)N[C@H](C)C(=O)N[C@@H](CC(C)C)C(=O)N[C@H](C(=O)O)[C@H](C)C(=O)N[C@@H](C)C(=O)N[C@@H](/C=C/C(C)=C/[C@H](C)[C@H](Cc2ccccc2)OC)[C@H](C)C(=O)N[C@H](C(=O)O)CCC(=O)N1C. The van der Waals surface area contributed by atoms with Gasteiger partial charge < -0.3 is 51.8 Å². The number of carbonyl (C=O) groups excluding carboxylic acids is 7. The quantitative estimate of drug-likeness (QED) is 0.116. The minimum Gasteiger partial charge on any atom is -0.480 e. The number of hydrogen-bond acceptors (Lipinski definition) is 10. The van der Waals surface area contributed by atoms with E-state index in [1.54, 1.807) is 27.0 Å². The number of amides is 7. The van der Waals surface area contributed by atoms with E-state index in [-0.39, 0.29) is 24.4 Å². The van der Waals surface area contributed by atoms with Crippen molar-refractivity contribution in [1.82, 2.24) is 36.8 Å². The zero-order valence-corrected chi connectivity index (χ0v) is 38.9. The van der Waals surface area contributed by atoms with Crippen LogP contribution in [-0.4, -0.2) is 125 Å². The third-order valence-electron chi connectivity index (χ3n) is 11.1. The number of nitrogens with one attached hydrogen (secondary N) is 6. The molecular formula is C46H67N7O12. The van der Waals surface area contributed by atoms with E-state index in [1.807, 2.05) is 50.3 Å². The van der Waals surface area contributed by atoms with Crippen LogP contribution in [0.1, 0.15) is 80.2 Å². The second-order valence-corrected chi connectivity index (χ2v) is 17.0. The van der Waals surface area contributed by atoms with Crippen molar-refractivity contribution in [3.63, 3.8) is 0 Å². The van der Waals surface area contributed by atoms with E-state index < -0.39 is 120 Å². The summed E-state index contributed by atoms with van der Waals surface area (Å²) in [5.74, 6) is -11.9. The van der Waals surface area contributed by atoms with Crippen molar-refractivity contribution in [2.24, 2.45) is 23.7 Å². The first kappa shape index (κ1) is 54.8. The fourth-order valence-corrected chi connectivity index (χ4v) is 6.82. The van der Waals surface area contributed by atoms with Crippen molar-refractivity contribution in [1.29, 1.82) is 0 Å². The number of hydrogen-bond donors (Lipinski definition) is 8. The summed E-state index contributed by atoms with van der Waals surface area (Å²) in [5, 5.41) is 35.0. The van der Waals surface area contributed by atoms with Crippen LogP contribution in [0.3, 0.4) is 0 Å². The highest BCUT2D eigenvalue weighted by Crippen LogP contribution is 2.18. The number of likely N-dealkylation sites (N-methyl/N-ethyl adjacent to an activating group) is 1. The third kappa shape index (κ3) is 17.3. The topological polar surface area (TPSA) is 279 Å². The average molecular weight is 910 g/mol. The summed E-state index contributed by atoms with van der Waals surface area (Å²) in [6.07, 6.45) is 4.78. The van der Waals surface area contributed by atoms with Crippen molar-refractivity contribution >= 4 is 53.3 Å². The van der Waals surface area contributed by atoms with Gasteiger partial charge in [0.2, 0.25) is 35.4 Å². The molecule has 1 aliphatic rings. The summed E-state index contributed by atoms with van der Waals surface area (Å²) >= 11 is 0. The number of carboxylic acid groups (broad SMARTS) is 2. The summed E-state index contributed by atoms with van der Waals surface area (Å²) in [7, 11) is 2.84. The lowest BCUT2D eigenvalue weighted by atomic mass is 9.94. The van der Waals surface area contributed by atoms with Gasteiger partial charge in [0, 0.05) is 26.5 Å². The Bertz CT molecular complexity index is 1970. The molecule has 0 aromatic heterocycles. The highest BCUT2D eigenvalue weighted by Gasteiger charge is 2.37. The predicted octanol–water partition coefficient (Wildman–Crippen LogP) is 1.58. The number of aliphatic carboxylic acids is 2. The summed E-state index contributed by atoms with van der Waals surface area (Å²) in [4.78, 5) is 120. The van der Waals surface area contributed by atoms with Crippen LogP contribution in [0.2, 0.25) is 0 Å². The fraction of sp³-hybridized carbons (Fsp3) is 0.543. The molecule has 8 N–H and O–H groups in total. The summed E-state index contributed by atoms with van der Waals surface area (Å²) in [6.45, 7) is 16.2. The number of nitrogens with zero attached hydrogens (tertiary/aromatic N) is 1. The lowest BCUT2D eigenvalue weighted by Gasteiger charge is -2.27. The Hall–Kier alpha value is -6.37. The molecule has 19 heteroatoms. The Morgan fingerprint density at radius 1 is 0.800 bits per heavy atom. The molecular weight excluding hydrogens is 843 g/mol. The minimum absolute atomic E-state index is 0.0331. The number of carbonyl (C=O) groups is 9. The van der Waals surface area contributed by atoms with Crippen LogP contribution in [-0.2, 0) is 54.3 Å². The number of allylic oxidation sites excluding steroid dienone is 2. The molecule has 0 saturated carbocycles. The van der Waals surface area contributed by atoms with E-state index in [0.29, 0.717) is 6.42 Å². The van der Waals surface area contributed by atoms with E-state index in [2.05, 4.69) is 38.5 Å². The van der Waals surface area contributed by atoms with Crippen molar-refractivity contribution in [3.05, 3.63) is 72.0 Å². The number of methoxy groups -OCH3 is 1. The van der Waals surface area contributed by atoms with Gasteiger partial charge in [-0.05, 0) is 51.5 Å². The molecule has 358 valence electrons. The molecule has 7 amide bonds. The molecule has 0 unspecified atom stereocenters. The van der Waals surface area contributed by atoms with Crippen LogP contribution in [0.15, 0.2) is 66.4 Å². The Balaban J connectivity index is 2.57. The second kappa shape index (κ2) is 25.8. The number of benzene rings is 1. The summed E-state index contributed by atoms with van der Waals surface area (Å²) in [6, 6.07) is 1.35. The van der Waals surface area contributed by atoms with Crippen LogP contribution >= 0.6 is 0 Å². The van der Waals surface area contributed by atoms with E-state index >= 15 is 0 Å². The Morgan fingerprint density at radius 2 is 1.38 bits per heavy atom. The van der Waals surface area contributed by atoms with Gasteiger partial charge in [-0.3, -0.25) is 33.6 Å². The second-order valence-electron chi connectivity index (χ2n) is 17.0. The number of rotatable bonds is 11. The molecule has 1 heterocycles. The van der Waals surface area contributed by atoms with Gasteiger partial charge in [-0.15, -0.1) is 0 Å². The first-order valence-corrected chi connectivity index (χ1v) is 21.5. The molecule has 1 aliphatic heterocycles. The maximum Gasteiger partial charge on any atom is 0.327 e. The van der Waals surface area contributed by atoms with Gasteiger partial charge >= 0.3 is 11.9 Å². The molecule has 1 fully saturated rings. The number of ether oxygens (including phenoxy) is 1. The first-order valence-electron chi connectivity index (χ1n) is 21.5. The van der Waals surface area contributed by atoms with Gasteiger partial charge in [-0.2, -0.15) is 0 Å². The third-order valence-corrected chi connectivity index (χ3v) is 11.1. The van der Waals surface area contributed by atoms with Crippen molar-refractivity contribution in [2.45, 2.75) is 123 Å². The lowest BCUT2D eigenvalue weighted by Crippen LogP contribution is -2.58. The molecule has 65 heavy (non-hydrogen) atoms. The summed E-state index contributed by atoms with van der Waals surface area (Å²) in [5.41, 5.74) is 1.42. The fourth-order valence-electron chi connectivity index (χ4n) is 6.82. The van der Waals surface area contributed by atoms with Crippen LogP contribution in [0, 0.1) is 23.7 Å². The molecule has 0 radical (unpaired) electrons. The van der Waals surface area contributed by atoms with E-state index in [0.717, 1.165) is 16.0 Å². The predicted molar refractivity (Wildman–Crippen MR) is 240 cm³/mol. The van der Waals surface area contributed by atoms with E-state index in [4.69, 9.17) is 4.74 Å². The molecule has 19 nitrogen and oxygen atoms in total. The molecule has 10 atom stereocenters. The van der Waals surface area contributed by atoms with E-state index in [9.17, 15) is 53.4 Å². The van der Waals surface area contributed by atoms with Gasteiger partial charge in [-0.1, -0.05) is 95.3 Å². The monoisotopic (exact) mass is 909 g/mol. The molecule has 0 bridgehead atoms. The zero-order chi connectivity index (χ0) is 49.3. The Labute approximate surface area is 380 Å². The van der Waals surface area contributed by atoms with Gasteiger partial charge in [0.15, 0.2) is 0 Å². The highest BCUT2D eigenvalue weighted by molar-refractivity contribution is 6.00. The Kier molecular flexibility index (Phi) is 21.7. The molecule has 1 aromatic carbocycles. The smallest absolute Gasteiger partial charge is 0.327 e. The average Bonchev–Trinajstić information content (AvgIpc) is 3.25. The Morgan fingerprint density at radius 3 is 1.95 bits per heavy atom. The van der Waals surface area contributed by atoms with Crippen molar-refractivity contribution in [3.8, 4) is 0 Å². The standard InChI is InChI=1S/C46H67N7O12/c1-24(2)21-35-44(60)52-38(46(63)64)28(6)40(56)47-29(7)41(57)49-33(18-17-25(3)22-26(4)36(65-11)23-32-15-13-12-14-16-32)27(5)39(55)50-34(45(61)62)19-20-37(54)53(10)31(9)43(59)48-30(8)42(58)51-35/h12-18,22,24,26-30,33-36,38H,9,19-21,23H2,1-8,10-11H3,(H,47,56)(H,48,59)(H,49,57)(H,50,55)(H,51,58)(H,52,60)(H,61,62)(H,63,64)/b18-17+,25-22+/t26-,27-,28-,29-,30+,33-,34-,35-,36-,38-/m0/s1. The minimum atomic E-state index is -1.82. The van der Waals surface area contributed by atoms with E-state index in [1.165, 1.54) is 40.8 Å². The van der Waals surface area contributed by atoms with Crippen LogP contribution in [0.5, 0.6) is 0 Å². The van der Waals surface area contributed by atoms with Crippen LogP contribution < -0.4 is 31.9 Å². The molecule has 1 saturated heterocycles. The normalized spacial score (nSPS) is 26.7. The van der Waals surface area contributed by atoms with Gasteiger partial charge in [0.05, 0.1) is 24.0 Å². The van der Waals surface area contributed by atoms with Gasteiger partial charge in [-0.25, -0.2) is 9.59 Å². The van der Waals surface area contributed by atoms with Crippen molar-refractivity contribution in [2.75, 3.05) is 14.2 Å². The van der Waals surface area contributed by atoms with Gasteiger partial charge in [0.25, 0.3) is 5.91 Å². The summed E-state index contributed by atoms with van der Waals surface area (Å²) < 4.78 is 5.78. The molecule has 0 aliphatic carbocycles. The zero-order valence-electron chi connectivity index (χ0n) is 38.9. The largest absolute Gasteiger partial charge is 0.480 e. The van der Waals surface area contributed by atoms with Gasteiger partial charge in [0.1, 0.15) is 35.9 Å². The molecule has 1 aromatic rings. The highest BCUT2D eigenvalue weighted by atomic mass is 16.5. The first-order chi connectivity index (χ1) is 30.4. The van der Waals surface area contributed by atoms with Crippen LogP contribution in [0.4, 0.5) is 0 Å².